The summed E-state index contributed by atoms with van der Waals surface area (Å²) in [5.74, 6) is 0.408. The van der Waals surface area contributed by atoms with E-state index in [1.807, 2.05) is 6.08 Å². The summed E-state index contributed by atoms with van der Waals surface area (Å²) in [6.45, 7) is 0.505. The predicted octanol–water partition coefficient (Wildman–Crippen LogP) is 3.71. The maximum Gasteiger partial charge on any atom is 0.335 e. The first kappa shape index (κ1) is 19.0. The SMILES string of the molecule is COc1cc(C=C2CCn3c2nc2cc(C(=O)O)ccc2c3=O)cc(Cl)c1OC. The molecule has 0 amide bonds. The number of halogens is 1. The number of fused-ring (bicyclic) bond motifs is 2. The molecule has 0 spiro atoms. The first-order valence-corrected chi connectivity index (χ1v) is 9.21. The summed E-state index contributed by atoms with van der Waals surface area (Å²) in [5.41, 5.74) is 1.90. The zero-order chi connectivity index (χ0) is 20.7. The van der Waals surface area contributed by atoms with Crippen molar-refractivity contribution in [2.75, 3.05) is 14.2 Å². The van der Waals surface area contributed by atoms with Gasteiger partial charge in [-0.05, 0) is 54.0 Å². The van der Waals surface area contributed by atoms with Crippen molar-refractivity contribution in [3.8, 4) is 11.5 Å². The fourth-order valence-electron chi connectivity index (χ4n) is 3.51. The smallest absolute Gasteiger partial charge is 0.335 e. The zero-order valence-corrected chi connectivity index (χ0v) is 16.5. The van der Waals surface area contributed by atoms with Gasteiger partial charge in [-0.1, -0.05) is 11.6 Å². The molecule has 0 atom stereocenters. The Labute approximate surface area is 170 Å². The largest absolute Gasteiger partial charge is 0.493 e. The highest BCUT2D eigenvalue weighted by Crippen LogP contribution is 2.37. The van der Waals surface area contributed by atoms with Crippen LogP contribution in [0, 0.1) is 0 Å². The maximum absolute atomic E-state index is 12.8. The van der Waals surface area contributed by atoms with Gasteiger partial charge in [0.25, 0.3) is 5.56 Å². The Kier molecular flexibility index (Phi) is 4.76. The van der Waals surface area contributed by atoms with Crippen molar-refractivity contribution in [1.82, 2.24) is 9.55 Å². The molecule has 148 valence electrons. The van der Waals surface area contributed by atoms with Crippen LogP contribution in [0.4, 0.5) is 0 Å². The molecular formula is C21H17ClN2O5. The molecule has 4 rings (SSSR count). The van der Waals surface area contributed by atoms with Gasteiger partial charge in [-0.15, -0.1) is 0 Å². The third-order valence-corrected chi connectivity index (χ3v) is 5.17. The molecule has 0 bridgehead atoms. The lowest BCUT2D eigenvalue weighted by Gasteiger charge is -2.11. The minimum Gasteiger partial charge on any atom is -0.493 e. The van der Waals surface area contributed by atoms with E-state index >= 15 is 0 Å². The monoisotopic (exact) mass is 412 g/mol. The Morgan fingerprint density at radius 1 is 1.24 bits per heavy atom. The van der Waals surface area contributed by atoms with Crippen LogP contribution in [-0.4, -0.2) is 34.8 Å². The van der Waals surface area contributed by atoms with E-state index in [-0.39, 0.29) is 11.1 Å². The highest BCUT2D eigenvalue weighted by Gasteiger charge is 2.22. The number of allylic oxidation sites excluding steroid dienone is 1. The van der Waals surface area contributed by atoms with Gasteiger partial charge >= 0.3 is 5.97 Å². The van der Waals surface area contributed by atoms with Crippen LogP contribution in [0.25, 0.3) is 22.6 Å². The lowest BCUT2D eigenvalue weighted by molar-refractivity contribution is 0.0697. The molecule has 7 nitrogen and oxygen atoms in total. The molecule has 1 N–H and O–H groups in total. The van der Waals surface area contributed by atoms with Crippen molar-refractivity contribution in [3.05, 3.63) is 62.7 Å². The van der Waals surface area contributed by atoms with Crippen LogP contribution in [0.15, 0.2) is 35.1 Å². The van der Waals surface area contributed by atoms with E-state index < -0.39 is 5.97 Å². The number of aromatic nitrogens is 2. The number of nitrogens with zero attached hydrogens (tertiary/aromatic N) is 2. The summed E-state index contributed by atoms with van der Waals surface area (Å²) in [6, 6.07) is 7.89. The van der Waals surface area contributed by atoms with E-state index in [4.69, 9.17) is 21.1 Å². The van der Waals surface area contributed by atoms with Crippen LogP contribution in [-0.2, 0) is 6.54 Å². The van der Waals surface area contributed by atoms with Gasteiger partial charge in [-0.25, -0.2) is 9.78 Å². The molecule has 2 heterocycles. The van der Waals surface area contributed by atoms with Gasteiger partial charge in [0.15, 0.2) is 11.5 Å². The van der Waals surface area contributed by atoms with Gasteiger partial charge in [-0.3, -0.25) is 9.36 Å². The fourth-order valence-corrected chi connectivity index (χ4v) is 3.81. The molecule has 0 unspecified atom stereocenters. The Bertz CT molecular complexity index is 1250. The molecule has 8 heteroatoms. The minimum absolute atomic E-state index is 0.0875. The molecule has 0 saturated heterocycles. The van der Waals surface area contributed by atoms with Crippen molar-refractivity contribution in [2.24, 2.45) is 0 Å². The van der Waals surface area contributed by atoms with Crippen LogP contribution in [0.2, 0.25) is 5.02 Å². The average Bonchev–Trinajstić information content (AvgIpc) is 3.10. The lowest BCUT2D eigenvalue weighted by Crippen LogP contribution is -2.21. The Morgan fingerprint density at radius 2 is 2.03 bits per heavy atom. The van der Waals surface area contributed by atoms with Crippen LogP contribution in [0.1, 0.15) is 28.2 Å². The Balaban J connectivity index is 1.86. The quantitative estimate of drug-likeness (QED) is 0.702. The second-order valence-corrected chi connectivity index (χ2v) is 6.99. The molecule has 0 fully saturated rings. The number of hydrogen-bond acceptors (Lipinski definition) is 5. The Morgan fingerprint density at radius 3 is 2.72 bits per heavy atom. The number of ether oxygens (including phenoxy) is 2. The second kappa shape index (κ2) is 7.25. The van der Waals surface area contributed by atoms with Gasteiger partial charge < -0.3 is 14.6 Å². The van der Waals surface area contributed by atoms with Crippen molar-refractivity contribution in [3.63, 3.8) is 0 Å². The topological polar surface area (TPSA) is 90.7 Å². The van der Waals surface area contributed by atoms with E-state index in [9.17, 15) is 14.7 Å². The van der Waals surface area contributed by atoms with E-state index in [2.05, 4.69) is 4.98 Å². The molecule has 0 radical (unpaired) electrons. The summed E-state index contributed by atoms with van der Waals surface area (Å²) >= 11 is 6.29. The number of carboxylic acids is 1. The number of methoxy groups -OCH3 is 2. The summed E-state index contributed by atoms with van der Waals surface area (Å²) < 4.78 is 12.2. The van der Waals surface area contributed by atoms with E-state index in [1.54, 1.807) is 16.7 Å². The third kappa shape index (κ3) is 3.23. The van der Waals surface area contributed by atoms with Crippen LogP contribution in [0.3, 0.4) is 0 Å². The summed E-state index contributed by atoms with van der Waals surface area (Å²) in [7, 11) is 3.05. The van der Waals surface area contributed by atoms with E-state index in [0.29, 0.717) is 46.2 Å². The zero-order valence-electron chi connectivity index (χ0n) is 15.7. The molecule has 1 aliphatic heterocycles. The normalized spacial score (nSPS) is 14.2. The Hall–Kier alpha value is -3.32. The molecule has 0 saturated carbocycles. The van der Waals surface area contributed by atoms with Crippen molar-refractivity contribution in [1.29, 1.82) is 0 Å². The van der Waals surface area contributed by atoms with Gasteiger partial charge in [0.05, 0.1) is 35.7 Å². The van der Waals surface area contributed by atoms with Gasteiger partial charge in [-0.2, -0.15) is 0 Å². The van der Waals surface area contributed by atoms with E-state index in [0.717, 1.165) is 11.1 Å². The summed E-state index contributed by atoms with van der Waals surface area (Å²) in [6.07, 6.45) is 2.52. The van der Waals surface area contributed by atoms with E-state index in [1.165, 1.54) is 32.4 Å². The predicted molar refractivity (Wildman–Crippen MR) is 110 cm³/mol. The minimum atomic E-state index is -1.06. The third-order valence-electron chi connectivity index (χ3n) is 4.89. The maximum atomic E-state index is 12.8. The standard InChI is InChI=1S/C21H17ClN2O5/c1-28-17-9-11(8-15(22)18(17)29-2)7-12-5-6-24-19(12)23-16-10-13(21(26)27)3-4-14(16)20(24)25/h3-4,7-10H,5-6H2,1-2H3,(H,26,27). The lowest BCUT2D eigenvalue weighted by atomic mass is 10.1. The van der Waals surface area contributed by atoms with Gasteiger partial charge in [0, 0.05) is 6.54 Å². The highest BCUT2D eigenvalue weighted by molar-refractivity contribution is 6.32. The highest BCUT2D eigenvalue weighted by atomic mass is 35.5. The second-order valence-electron chi connectivity index (χ2n) is 6.59. The molecule has 2 aromatic carbocycles. The average molecular weight is 413 g/mol. The number of benzene rings is 2. The number of carbonyl (C=O) groups is 1. The number of hydrogen-bond donors (Lipinski definition) is 1. The molecule has 1 aliphatic rings. The molecule has 1 aromatic heterocycles. The van der Waals surface area contributed by atoms with Crippen LogP contribution in [0.5, 0.6) is 11.5 Å². The summed E-state index contributed by atoms with van der Waals surface area (Å²) in [5, 5.41) is 10.0. The molecule has 3 aromatic rings. The number of rotatable bonds is 4. The molecule has 0 aliphatic carbocycles. The number of carboxylic acid groups (broad SMARTS) is 1. The van der Waals surface area contributed by atoms with Crippen molar-refractivity contribution in [2.45, 2.75) is 13.0 Å². The molecule has 29 heavy (non-hydrogen) atoms. The van der Waals surface area contributed by atoms with Crippen LogP contribution < -0.4 is 15.0 Å². The number of aromatic carboxylic acids is 1. The van der Waals surface area contributed by atoms with Crippen molar-refractivity contribution < 1.29 is 19.4 Å². The van der Waals surface area contributed by atoms with Gasteiger partial charge in [0.1, 0.15) is 5.82 Å². The fraction of sp³-hybridized carbons (Fsp3) is 0.190. The molecular weight excluding hydrogens is 396 g/mol. The first-order chi connectivity index (χ1) is 13.9. The van der Waals surface area contributed by atoms with Gasteiger partial charge in [0.2, 0.25) is 0 Å². The first-order valence-electron chi connectivity index (χ1n) is 8.83. The summed E-state index contributed by atoms with van der Waals surface area (Å²) in [4.78, 5) is 28.7. The van der Waals surface area contributed by atoms with Crippen LogP contribution >= 0.6 is 11.6 Å². The van der Waals surface area contributed by atoms with Crippen molar-refractivity contribution >= 4 is 40.1 Å².